The van der Waals surface area contributed by atoms with Crippen LogP contribution in [0.15, 0.2) is 36.4 Å². The van der Waals surface area contributed by atoms with E-state index in [9.17, 15) is 22.8 Å². The van der Waals surface area contributed by atoms with Crippen LogP contribution < -0.4 is 5.32 Å². The van der Waals surface area contributed by atoms with Crippen LogP contribution in [0.1, 0.15) is 18.9 Å². The Morgan fingerprint density at radius 2 is 1.79 bits per heavy atom. The molecule has 0 fully saturated rings. The van der Waals surface area contributed by atoms with E-state index in [-0.39, 0.29) is 37.4 Å². The number of amides is 1. The number of aromatic nitrogens is 1. The van der Waals surface area contributed by atoms with Gasteiger partial charge in [-0.3, -0.25) is 9.59 Å². The molecule has 152 valence electrons. The number of hydrogen-bond acceptors (Lipinski definition) is 3. The number of esters is 1. The van der Waals surface area contributed by atoms with Gasteiger partial charge in [-0.1, -0.05) is 0 Å². The Kier molecular flexibility index (Phi) is 6.21. The first-order chi connectivity index (χ1) is 13.8. The highest BCUT2D eigenvalue weighted by Gasteiger charge is 2.18. The second kappa shape index (κ2) is 8.81. The smallest absolute Gasteiger partial charge is 0.302 e. The Bertz CT molecular complexity index is 1050. The number of ether oxygens (including phenoxy) is 1. The number of H-pyrrole nitrogens is 1. The summed E-state index contributed by atoms with van der Waals surface area (Å²) in [6.07, 6.45) is 0.258. The molecule has 3 aromatic rings. The van der Waals surface area contributed by atoms with Gasteiger partial charge in [0.2, 0.25) is 5.91 Å². The summed E-state index contributed by atoms with van der Waals surface area (Å²) in [4.78, 5) is 25.7. The third-order valence-corrected chi connectivity index (χ3v) is 4.40. The van der Waals surface area contributed by atoms with Crippen LogP contribution in [0.4, 0.5) is 13.2 Å². The van der Waals surface area contributed by atoms with E-state index in [2.05, 4.69) is 10.3 Å². The van der Waals surface area contributed by atoms with Gasteiger partial charge in [0, 0.05) is 30.5 Å². The summed E-state index contributed by atoms with van der Waals surface area (Å²) in [5.41, 5.74) is 1.76. The Labute approximate surface area is 164 Å². The predicted molar refractivity (Wildman–Crippen MR) is 102 cm³/mol. The summed E-state index contributed by atoms with van der Waals surface area (Å²) in [6, 6.07) is 7.56. The molecule has 2 aromatic carbocycles. The molecule has 1 heterocycles. The van der Waals surface area contributed by atoms with Crippen LogP contribution in [-0.2, 0) is 20.7 Å². The summed E-state index contributed by atoms with van der Waals surface area (Å²) in [5.74, 6) is -2.64. The third kappa shape index (κ3) is 4.96. The fraction of sp³-hybridized carbons (Fsp3) is 0.238. The molecule has 0 radical (unpaired) electrons. The van der Waals surface area contributed by atoms with Crippen molar-refractivity contribution < 1.29 is 27.5 Å². The molecule has 0 bridgehead atoms. The summed E-state index contributed by atoms with van der Waals surface area (Å²) in [7, 11) is 0. The molecular formula is C21H19F3N2O3. The van der Waals surface area contributed by atoms with Crippen molar-refractivity contribution in [2.45, 2.75) is 19.8 Å². The Hall–Kier alpha value is -3.29. The number of fused-ring (bicyclic) bond motifs is 1. The molecule has 8 heteroatoms. The fourth-order valence-corrected chi connectivity index (χ4v) is 3.11. The number of halogens is 3. The minimum Gasteiger partial charge on any atom is -0.464 e. The molecule has 0 aliphatic rings. The second-order valence-corrected chi connectivity index (χ2v) is 6.49. The van der Waals surface area contributed by atoms with Crippen LogP contribution in [0.2, 0.25) is 0 Å². The average molecular weight is 404 g/mol. The van der Waals surface area contributed by atoms with Crippen LogP contribution in [0, 0.1) is 17.5 Å². The highest BCUT2D eigenvalue weighted by molar-refractivity contribution is 5.92. The average Bonchev–Trinajstić information content (AvgIpc) is 3.03. The molecule has 2 N–H and O–H groups in total. The van der Waals surface area contributed by atoms with Gasteiger partial charge in [-0.25, -0.2) is 13.2 Å². The maximum Gasteiger partial charge on any atom is 0.302 e. The summed E-state index contributed by atoms with van der Waals surface area (Å²) in [6.45, 7) is 1.50. The lowest BCUT2D eigenvalue weighted by molar-refractivity contribution is -0.141. The minimum atomic E-state index is -0.750. The Morgan fingerprint density at radius 1 is 1.07 bits per heavy atom. The summed E-state index contributed by atoms with van der Waals surface area (Å²) >= 11 is 0. The van der Waals surface area contributed by atoms with E-state index in [1.807, 2.05) is 0 Å². The molecular weight excluding hydrogens is 385 g/mol. The zero-order valence-corrected chi connectivity index (χ0v) is 15.7. The fourth-order valence-electron chi connectivity index (χ4n) is 3.11. The summed E-state index contributed by atoms with van der Waals surface area (Å²) in [5, 5.41) is 2.94. The van der Waals surface area contributed by atoms with Gasteiger partial charge < -0.3 is 15.0 Å². The zero-order valence-electron chi connectivity index (χ0n) is 15.7. The minimum absolute atomic E-state index is 0.0549. The van der Waals surface area contributed by atoms with Crippen molar-refractivity contribution in [2.75, 3.05) is 13.2 Å². The highest BCUT2D eigenvalue weighted by atomic mass is 19.1. The molecule has 3 rings (SSSR count). The third-order valence-electron chi connectivity index (χ3n) is 4.40. The van der Waals surface area contributed by atoms with Crippen LogP contribution in [0.5, 0.6) is 0 Å². The first kappa shape index (κ1) is 20.4. The van der Waals surface area contributed by atoms with Crippen molar-refractivity contribution in [2.24, 2.45) is 0 Å². The largest absolute Gasteiger partial charge is 0.464 e. The second-order valence-electron chi connectivity index (χ2n) is 6.49. The lowest BCUT2D eigenvalue weighted by atomic mass is 10.0. The molecule has 0 atom stereocenters. The number of aryl methyl sites for hydroxylation is 1. The molecule has 0 unspecified atom stereocenters. The normalized spacial score (nSPS) is 10.9. The molecule has 0 aliphatic carbocycles. The van der Waals surface area contributed by atoms with Crippen molar-refractivity contribution in [3.63, 3.8) is 0 Å². The van der Waals surface area contributed by atoms with Crippen LogP contribution in [0.3, 0.4) is 0 Å². The van der Waals surface area contributed by atoms with Gasteiger partial charge in [0.05, 0.1) is 12.1 Å². The molecule has 0 saturated heterocycles. The topological polar surface area (TPSA) is 71.2 Å². The molecule has 1 amide bonds. The standard InChI is InChI=1S/C21H19F3N2O3/c1-12(27)29-9-8-25-19(28)7-6-16-17-10-15(23)11-18(24)21(17)26-20(16)13-2-4-14(22)5-3-13/h2-5,10-11,26H,6-9H2,1H3,(H,25,28). The van der Waals surface area contributed by atoms with E-state index >= 15 is 0 Å². The SMILES string of the molecule is CC(=O)OCCNC(=O)CCc1c(-c2ccc(F)cc2)[nH]c2c(F)cc(F)cc12. The number of carbonyl (C=O) groups excluding carboxylic acids is 2. The van der Waals surface area contributed by atoms with Crippen molar-refractivity contribution >= 4 is 22.8 Å². The Balaban J connectivity index is 1.85. The van der Waals surface area contributed by atoms with Gasteiger partial charge >= 0.3 is 5.97 Å². The summed E-state index contributed by atoms with van der Waals surface area (Å²) < 4.78 is 46.0. The van der Waals surface area contributed by atoms with Gasteiger partial charge in [-0.05, 0) is 47.9 Å². The molecule has 0 saturated carbocycles. The van der Waals surface area contributed by atoms with Crippen molar-refractivity contribution in [1.82, 2.24) is 10.3 Å². The van der Waals surface area contributed by atoms with E-state index < -0.39 is 23.4 Å². The van der Waals surface area contributed by atoms with Crippen molar-refractivity contribution in [3.05, 3.63) is 59.4 Å². The number of carbonyl (C=O) groups is 2. The van der Waals surface area contributed by atoms with Gasteiger partial charge in [0.25, 0.3) is 0 Å². The van der Waals surface area contributed by atoms with Gasteiger partial charge in [-0.15, -0.1) is 0 Å². The molecule has 1 aromatic heterocycles. The van der Waals surface area contributed by atoms with E-state index in [4.69, 9.17) is 4.74 Å². The van der Waals surface area contributed by atoms with Gasteiger partial charge in [0.15, 0.2) is 0 Å². The first-order valence-corrected chi connectivity index (χ1v) is 9.00. The number of aromatic amines is 1. The highest BCUT2D eigenvalue weighted by Crippen LogP contribution is 2.33. The molecule has 5 nitrogen and oxygen atoms in total. The number of rotatable bonds is 7. The molecule has 0 spiro atoms. The van der Waals surface area contributed by atoms with Crippen LogP contribution in [0.25, 0.3) is 22.2 Å². The predicted octanol–water partition coefficient (Wildman–Crippen LogP) is 3.86. The lowest BCUT2D eigenvalue weighted by Gasteiger charge is -2.07. The van der Waals surface area contributed by atoms with E-state index in [0.29, 0.717) is 22.2 Å². The number of benzene rings is 2. The van der Waals surface area contributed by atoms with Crippen LogP contribution in [-0.4, -0.2) is 30.0 Å². The maximum absolute atomic E-state index is 14.2. The lowest BCUT2D eigenvalue weighted by Crippen LogP contribution is -2.27. The van der Waals surface area contributed by atoms with E-state index in [1.165, 1.54) is 37.3 Å². The van der Waals surface area contributed by atoms with Crippen molar-refractivity contribution in [3.8, 4) is 11.3 Å². The zero-order chi connectivity index (χ0) is 21.0. The number of hydrogen-bond donors (Lipinski definition) is 2. The molecule has 0 aliphatic heterocycles. The quantitative estimate of drug-likeness (QED) is 0.464. The molecule has 29 heavy (non-hydrogen) atoms. The Morgan fingerprint density at radius 3 is 2.48 bits per heavy atom. The van der Waals surface area contributed by atoms with E-state index in [0.717, 1.165) is 6.07 Å². The van der Waals surface area contributed by atoms with E-state index in [1.54, 1.807) is 0 Å². The monoisotopic (exact) mass is 404 g/mol. The van der Waals surface area contributed by atoms with Crippen LogP contribution >= 0.6 is 0 Å². The van der Waals surface area contributed by atoms with Crippen molar-refractivity contribution in [1.29, 1.82) is 0 Å². The van der Waals surface area contributed by atoms with Gasteiger partial charge in [0.1, 0.15) is 24.1 Å². The maximum atomic E-state index is 14.2. The number of nitrogens with one attached hydrogen (secondary N) is 2. The van der Waals surface area contributed by atoms with Gasteiger partial charge in [-0.2, -0.15) is 0 Å². The first-order valence-electron chi connectivity index (χ1n) is 9.00.